The van der Waals surface area contributed by atoms with Gasteiger partial charge in [-0.05, 0) is 24.3 Å². The van der Waals surface area contributed by atoms with E-state index in [4.69, 9.17) is 20.8 Å². The maximum absolute atomic E-state index is 11.8. The van der Waals surface area contributed by atoms with Crippen molar-refractivity contribution < 1.29 is 13.9 Å². The number of Topliss-reactive ketones (excluding diaryl/α,β-unsaturated/α-hetero) is 1. The molecule has 2 rings (SSSR count). The fourth-order valence-electron chi connectivity index (χ4n) is 1.40. The van der Waals surface area contributed by atoms with E-state index in [2.05, 4.69) is 0 Å². The summed E-state index contributed by atoms with van der Waals surface area (Å²) in [7, 11) is 0. The van der Waals surface area contributed by atoms with Crippen LogP contribution < -0.4 is 0 Å². The Morgan fingerprint density at radius 1 is 1.24 bits per heavy atom. The summed E-state index contributed by atoms with van der Waals surface area (Å²) >= 11 is 5.90. The van der Waals surface area contributed by atoms with Gasteiger partial charge in [-0.15, -0.1) is 0 Å². The highest BCUT2D eigenvalue weighted by molar-refractivity contribution is 6.34. The van der Waals surface area contributed by atoms with Gasteiger partial charge in [0, 0.05) is 5.56 Å². The molecule has 1 aromatic heterocycles. The molecule has 0 aliphatic carbocycles. The average Bonchev–Trinajstić information content (AvgIpc) is 2.82. The molecule has 0 fully saturated rings. The SMILES string of the molecule is O=C(COCc1ccco1)c1ccccc1Cl. The molecule has 0 unspecified atom stereocenters. The highest BCUT2D eigenvalue weighted by Gasteiger charge is 2.09. The van der Waals surface area contributed by atoms with Crippen LogP contribution in [0.25, 0.3) is 0 Å². The standard InChI is InChI=1S/C13H11ClO3/c14-12-6-2-1-5-11(12)13(15)9-16-8-10-4-3-7-17-10/h1-7H,8-9H2. The van der Waals surface area contributed by atoms with Crippen LogP contribution in [-0.4, -0.2) is 12.4 Å². The van der Waals surface area contributed by atoms with E-state index in [1.807, 2.05) is 0 Å². The van der Waals surface area contributed by atoms with Crippen molar-refractivity contribution in [1.82, 2.24) is 0 Å². The predicted octanol–water partition coefficient (Wildman–Crippen LogP) is 3.33. The van der Waals surface area contributed by atoms with E-state index < -0.39 is 0 Å². The van der Waals surface area contributed by atoms with Gasteiger partial charge in [0.25, 0.3) is 0 Å². The molecule has 0 bridgehead atoms. The molecule has 4 heteroatoms. The Morgan fingerprint density at radius 3 is 2.76 bits per heavy atom. The lowest BCUT2D eigenvalue weighted by molar-refractivity contribution is 0.0691. The summed E-state index contributed by atoms with van der Waals surface area (Å²) in [6, 6.07) is 10.5. The second kappa shape index (κ2) is 5.66. The molecule has 3 nitrogen and oxygen atoms in total. The van der Waals surface area contributed by atoms with Crippen LogP contribution in [0.2, 0.25) is 5.02 Å². The molecule has 1 heterocycles. The van der Waals surface area contributed by atoms with Gasteiger partial charge in [0.1, 0.15) is 19.0 Å². The van der Waals surface area contributed by atoms with Gasteiger partial charge in [-0.25, -0.2) is 0 Å². The Bertz CT molecular complexity index is 491. The zero-order valence-corrected chi connectivity index (χ0v) is 9.81. The molecular weight excluding hydrogens is 240 g/mol. The molecule has 1 aromatic carbocycles. The lowest BCUT2D eigenvalue weighted by Gasteiger charge is -2.03. The molecule has 0 saturated heterocycles. The summed E-state index contributed by atoms with van der Waals surface area (Å²) < 4.78 is 10.3. The van der Waals surface area contributed by atoms with E-state index in [1.165, 1.54) is 0 Å². The molecule has 88 valence electrons. The first-order valence-electron chi connectivity index (χ1n) is 5.15. The summed E-state index contributed by atoms with van der Waals surface area (Å²) in [5.74, 6) is 0.555. The summed E-state index contributed by atoms with van der Waals surface area (Å²) in [6.07, 6.45) is 1.56. The molecule has 0 radical (unpaired) electrons. The number of benzene rings is 1. The largest absolute Gasteiger partial charge is 0.467 e. The second-order valence-electron chi connectivity index (χ2n) is 3.48. The Kier molecular flexibility index (Phi) is 3.96. The van der Waals surface area contributed by atoms with Crippen LogP contribution in [0.5, 0.6) is 0 Å². The zero-order valence-electron chi connectivity index (χ0n) is 9.06. The highest BCUT2D eigenvalue weighted by Crippen LogP contribution is 2.15. The molecular formula is C13H11ClO3. The normalized spacial score (nSPS) is 10.4. The van der Waals surface area contributed by atoms with Crippen LogP contribution in [0.4, 0.5) is 0 Å². The number of ether oxygens (including phenoxy) is 1. The third kappa shape index (κ3) is 3.19. The van der Waals surface area contributed by atoms with Crippen LogP contribution in [0.3, 0.4) is 0 Å². The van der Waals surface area contributed by atoms with E-state index in [0.29, 0.717) is 16.3 Å². The monoisotopic (exact) mass is 250 g/mol. The maximum Gasteiger partial charge on any atom is 0.189 e. The molecule has 0 saturated carbocycles. The molecule has 2 aromatic rings. The predicted molar refractivity (Wildman–Crippen MR) is 64.1 cm³/mol. The van der Waals surface area contributed by atoms with E-state index in [9.17, 15) is 4.79 Å². The van der Waals surface area contributed by atoms with Crippen molar-refractivity contribution in [3.8, 4) is 0 Å². The van der Waals surface area contributed by atoms with Crippen molar-refractivity contribution in [3.63, 3.8) is 0 Å². The number of halogens is 1. The number of carbonyl (C=O) groups excluding carboxylic acids is 1. The van der Waals surface area contributed by atoms with Gasteiger partial charge >= 0.3 is 0 Å². The van der Waals surface area contributed by atoms with E-state index in [1.54, 1.807) is 42.7 Å². The van der Waals surface area contributed by atoms with Crippen molar-refractivity contribution in [1.29, 1.82) is 0 Å². The average molecular weight is 251 g/mol. The second-order valence-corrected chi connectivity index (χ2v) is 3.88. The summed E-state index contributed by atoms with van der Waals surface area (Å²) in [4.78, 5) is 11.8. The quantitative estimate of drug-likeness (QED) is 0.764. The lowest BCUT2D eigenvalue weighted by Crippen LogP contribution is -2.09. The molecule has 0 amide bonds. The lowest BCUT2D eigenvalue weighted by atomic mass is 10.1. The number of carbonyl (C=O) groups is 1. The molecule has 0 atom stereocenters. The molecule has 0 N–H and O–H groups in total. The van der Waals surface area contributed by atoms with Gasteiger partial charge in [0.05, 0.1) is 11.3 Å². The van der Waals surface area contributed by atoms with E-state index in [0.717, 1.165) is 0 Å². The Morgan fingerprint density at radius 2 is 2.06 bits per heavy atom. The van der Waals surface area contributed by atoms with Gasteiger partial charge in [0.15, 0.2) is 5.78 Å². The van der Waals surface area contributed by atoms with Gasteiger partial charge < -0.3 is 9.15 Å². The number of hydrogen-bond acceptors (Lipinski definition) is 3. The number of rotatable bonds is 5. The van der Waals surface area contributed by atoms with Gasteiger partial charge in [-0.1, -0.05) is 23.7 Å². The van der Waals surface area contributed by atoms with Crippen molar-refractivity contribution in [3.05, 3.63) is 59.0 Å². The first-order chi connectivity index (χ1) is 8.27. The van der Waals surface area contributed by atoms with Crippen molar-refractivity contribution in [2.75, 3.05) is 6.61 Å². The zero-order chi connectivity index (χ0) is 12.1. The third-order valence-corrected chi connectivity index (χ3v) is 2.56. The fraction of sp³-hybridized carbons (Fsp3) is 0.154. The minimum atomic E-state index is -0.137. The van der Waals surface area contributed by atoms with Gasteiger partial charge in [-0.3, -0.25) is 4.79 Å². The molecule has 0 aliphatic rings. The molecule has 0 spiro atoms. The van der Waals surface area contributed by atoms with Crippen molar-refractivity contribution >= 4 is 17.4 Å². The van der Waals surface area contributed by atoms with Gasteiger partial charge in [-0.2, -0.15) is 0 Å². The first-order valence-corrected chi connectivity index (χ1v) is 5.53. The minimum Gasteiger partial charge on any atom is -0.467 e. The maximum atomic E-state index is 11.8. The van der Waals surface area contributed by atoms with Crippen LogP contribution in [0.1, 0.15) is 16.1 Å². The van der Waals surface area contributed by atoms with Crippen LogP contribution in [-0.2, 0) is 11.3 Å². The first kappa shape index (κ1) is 11.9. The fourth-order valence-corrected chi connectivity index (χ4v) is 1.65. The Labute approximate surface area is 104 Å². The summed E-state index contributed by atoms with van der Waals surface area (Å²) in [5.41, 5.74) is 0.480. The Balaban J connectivity index is 1.88. The molecule has 17 heavy (non-hydrogen) atoms. The molecule has 0 aliphatic heterocycles. The highest BCUT2D eigenvalue weighted by atomic mass is 35.5. The van der Waals surface area contributed by atoms with E-state index >= 15 is 0 Å². The van der Waals surface area contributed by atoms with Crippen LogP contribution in [0, 0.1) is 0 Å². The third-order valence-electron chi connectivity index (χ3n) is 2.23. The summed E-state index contributed by atoms with van der Waals surface area (Å²) in [6.45, 7) is 0.271. The van der Waals surface area contributed by atoms with Crippen molar-refractivity contribution in [2.24, 2.45) is 0 Å². The number of hydrogen-bond donors (Lipinski definition) is 0. The van der Waals surface area contributed by atoms with E-state index in [-0.39, 0.29) is 19.0 Å². The number of furan rings is 1. The minimum absolute atomic E-state index is 0.00949. The van der Waals surface area contributed by atoms with Gasteiger partial charge in [0.2, 0.25) is 0 Å². The van der Waals surface area contributed by atoms with Crippen LogP contribution >= 0.6 is 11.6 Å². The topological polar surface area (TPSA) is 39.4 Å². The number of ketones is 1. The Hall–Kier alpha value is -1.58. The smallest absolute Gasteiger partial charge is 0.189 e. The van der Waals surface area contributed by atoms with Crippen LogP contribution in [0.15, 0.2) is 47.1 Å². The van der Waals surface area contributed by atoms with Crippen molar-refractivity contribution in [2.45, 2.75) is 6.61 Å². The summed E-state index contributed by atoms with van der Waals surface area (Å²) in [5, 5.41) is 0.444.